The standard InChI is InChI=1S/C14H20N4O/c1-2-15-13-8-10(5-6-16-13)18-7-3-4-11-12(18)9-17-14(11)19/h5-6,8,11-12H,2-4,7,9H2,1H3,(H,15,16)(H,17,19). The zero-order valence-corrected chi connectivity index (χ0v) is 11.2. The van der Waals surface area contributed by atoms with E-state index in [1.165, 1.54) is 0 Å². The minimum atomic E-state index is 0.157. The summed E-state index contributed by atoms with van der Waals surface area (Å²) in [7, 11) is 0. The first-order valence-electron chi connectivity index (χ1n) is 7.04. The third-order valence-corrected chi connectivity index (χ3v) is 4.03. The summed E-state index contributed by atoms with van der Waals surface area (Å²) in [5.74, 6) is 1.28. The van der Waals surface area contributed by atoms with Gasteiger partial charge < -0.3 is 15.5 Å². The molecular weight excluding hydrogens is 240 g/mol. The van der Waals surface area contributed by atoms with Gasteiger partial charge in [0, 0.05) is 37.6 Å². The van der Waals surface area contributed by atoms with E-state index in [-0.39, 0.29) is 11.8 Å². The lowest BCUT2D eigenvalue weighted by molar-refractivity contribution is -0.122. The maximum atomic E-state index is 11.8. The molecule has 5 nitrogen and oxygen atoms in total. The predicted octanol–water partition coefficient (Wildman–Crippen LogP) is 1.23. The van der Waals surface area contributed by atoms with Crippen LogP contribution in [0.3, 0.4) is 0 Å². The number of amides is 1. The number of carbonyl (C=O) groups excluding carboxylic acids is 1. The molecule has 2 fully saturated rings. The first-order chi connectivity index (χ1) is 9.29. The summed E-state index contributed by atoms with van der Waals surface area (Å²) in [6, 6.07) is 4.42. The van der Waals surface area contributed by atoms with Crippen molar-refractivity contribution in [3.05, 3.63) is 18.3 Å². The molecule has 2 atom stereocenters. The van der Waals surface area contributed by atoms with Crippen LogP contribution in [0.4, 0.5) is 11.5 Å². The summed E-state index contributed by atoms with van der Waals surface area (Å²) in [6.45, 7) is 4.71. The van der Waals surface area contributed by atoms with Crippen LogP contribution in [0.2, 0.25) is 0 Å². The average molecular weight is 260 g/mol. The Kier molecular flexibility index (Phi) is 3.27. The van der Waals surface area contributed by atoms with Crippen molar-refractivity contribution in [2.75, 3.05) is 29.9 Å². The normalized spacial score (nSPS) is 25.9. The Labute approximate surface area is 113 Å². The molecule has 0 aromatic carbocycles. The highest BCUT2D eigenvalue weighted by Gasteiger charge is 2.40. The molecule has 0 saturated carbocycles. The minimum absolute atomic E-state index is 0.157. The Morgan fingerprint density at radius 3 is 3.32 bits per heavy atom. The van der Waals surface area contributed by atoms with Crippen LogP contribution in [0.5, 0.6) is 0 Å². The maximum absolute atomic E-state index is 11.8. The zero-order chi connectivity index (χ0) is 13.2. The fraction of sp³-hybridized carbons (Fsp3) is 0.571. The number of anilines is 2. The number of piperidine rings is 1. The molecule has 0 radical (unpaired) electrons. The van der Waals surface area contributed by atoms with Crippen molar-refractivity contribution >= 4 is 17.4 Å². The van der Waals surface area contributed by atoms with E-state index in [1.807, 2.05) is 12.3 Å². The number of aromatic nitrogens is 1. The van der Waals surface area contributed by atoms with E-state index in [9.17, 15) is 4.79 Å². The van der Waals surface area contributed by atoms with Gasteiger partial charge >= 0.3 is 0 Å². The second-order valence-electron chi connectivity index (χ2n) is 5.18. The molecule has 2 aliphatic rings. The Hall–Kier alpha value is -1.78. The highest BCUT2D eigenvalue weighted by atomic mass is 16.2. The molecule has 0 bridgehead atoms. The summed E-state index contributed by atoms with van der Waals surface area (Å²) in [5.41, 5.74) is 1.16. The zero-order valence-electron chi connectivity index (χ0n) is 11.2. The molecule has 1 aromatic rings. The Bertz CT molecular complexity index is 476. The Morgan fingerprint density at radius 1 is 1.58 bits per heavy atom. The topological polar surface area (TPSA) is 57.3 Å². The lowest BCUT2D eigenvalue weighted by Gasteiger charge is -2.37. The highest BCUT2D eigenvalue weighted by molar-refractivity contribution is 5.83. The number of nitrogens with zero attached hydrogens (tertiary/aromatic N) is 2. The van der Waals surface area contributed by atoms with Crippen molar-refractivity contribution in [2.24, 2.45) is 5.92 Å². The molecule has 0 aliphatic carbocycles. The van der Waals surface area contributed by atoms with Crippen LogP contribution in [0.15, 0.2) is 18.3 Å². The van der Waals surface area contributed by atoms with Crippen molar-refractivity contribution < 1.29 is 4.79 Å². The average Bonchev–Trinajstić information content (AvgIpc) is 2.81. The first-order valence-corrected chi connectivity index (χ1v) is 7.04. The number of pyridine rings is 1. The molecule has 102 valence electrons. The third kappa shape index (κ3) is 2.25. The third-order valence-electron chi connectivity index (χ3n) is 4.03. The van der Waals surface area contributed by atoms with Crippen LogP contribution in [-0.4, -0.2) is 36.6 Å². The molecule has 1 amide bonds. The molecule has 1 aromatic heterocycles. The quantitative estimate of drug-likeness (QED) is 0.858. The first kappa shape index (κ1) is 12.3. The molecule has 2 aliphatic heterocycles. The molecule has 3 heterocycles. The molecule has 5 heteroatoms. The molecule has 19 heavy (non-hydrogen) atoms. The lowest BCUT2D eigenvalue weighted by Crippen LogP contribution is -2.45. The van der Waals surface area contributed by atoms with Gasteiger partial charge in [0.2, 0.25) is 5.91 Å². The fourth-order valence-electron chi connectivity index (χ4n) is 3.15. The van der Waals surface area contributed by atoms with E-state index in [4.69, 9.17) is 0 Å². The van der Waals surface area contributed by atoms with E-state index < -0.39 is 0 Å². The van der Waals surface area contributed by atoms with Crippen LogP contribution in [-0.2, 0) is 4.79 Å². The molecule has 0 spiro atoms. The number of rotatable bonds is 3. The maximum Gasteiger partial charge on any atom is 0.225 e. The number of hydrogen-bond donors (Lipinski definition) is 2. The second kappa shape index (κ2) is 5.07. The molecule has 2 unspecified atom stereocenters. The predicted molar refractivity (Wildman–Crippen MR) is 75.3 cm³/mol. The molecule has 2 saturated heterocycles. The van der Waals surface area contributed by atoms with Crippen LogP contribution in [0.1, 0.15) is 19.8 Å². The number of fused-ring (bicyclic) bond motifs is 1. The van der Waals surface area contributed by atoms with Crippen molar-refractivity contribution in [3.8, 4) is 0 Å². The van der Waals surface area contributed by atoms with E-state index in [0.29, 0.717) is 6.04 Å². The van der Waals surface area contributed by atoms with Crippen LogP contribution in [0, 0.1) is 5.92 Å². The molecular formula is C14H20N4O. The van der Waals surface area contributed by atoms with Gasteiger partial charge in [0.05, 0.1) is 12.0 Å². The summed E-state index contributed by atoms with van der Waals surface area (Å²) in [5, 5.41) is 6.22. The van der Waals surface area contributed by atoms with E-state index in [2.05, 4.69) is 33.5 Å². The van der Waals surface area contributed by atoms with Gasteiger partial charge in [-0.1, -0.05) is 0 Å². The summed E-state index contributed by atoms with van der Waals surface area (Å²) < 4.78 is 0. The van der Waals surface area contributed by atoms with Gasteiger partial charge in [-0.2, -0.15) is 0 Å². The van der Waals surface area contributed by atoms with Gasteiger partial charge in [-0.05, 0) is 25.8 Å². The number of hydrogen-bond acceptors (Lipinski definition) is 4. The van der Waals surface area contributed by atoms with Gasteiger partial charge in [-0.3, -0.25) is 4.79 Å². The van der Waals surface area contributed by atoms with Gasteiger partial charge in [0.25, 0.3) is 0 Å². The molecule has 2 N–H and O–H groups in total. The van der Waals surface area contributed by atoms with E-state index in [0.717, 1.165) is 44.0 Å². The van der Waals surface area contributed by atoms with Crippen LogP contribution < -0.4 is 15.5 Å². The summed E-state index contributed by atoms with van der Waals surface area (Å²) >= 11 is 0. The smallest absolute Gasteiger partial charge is 0.225 e. The van der Waals surface area contributed by atoms with Gasteiger partial charge in [-0.15, -0.1) is 0 Å². The Morgan fingerprint density at radius 2 is 2.47 bits per heavy atom. The van der Waals surface area contributed by atoms with Gasteiger partial charge in [-0.25, -0.2) is 4.98 Å². The van der Waals surface area contributed by atoms with Crippen molar-refractivity contribution in [3.63, 3.8) is 0 Å². The second-order valence-corrected chi connectivity index (χ2v) is 5.18. The summed E-state index contributed by atoms with van der Waals surface area (Å²) in [6.07, 6.45) is 3.92. The van der Waals surface area contributed by atoms with Gasteiger partial charge in [0.1, 0.15) is 5.82 Å². The van der Waals surface area contributed by atoms with E-state index >= 15 is 0 Å². The lowest BCUT2D eigenvalue weighted by atomic mass is 9.91. The number of carbonyl (C=O) groups is 1. The fourth-order valence-corrected chi connectivity index (χ4v) is 3.15. The monoisotopic (exact) mass is 260 g/mol. The van der Waals surface area contributed by atoms with Crippen LogP contribution in [0.25, 0.3) is 0 Å². The van der Waals surface area contributed by atoms with Crippen molar-refractivity contribution in [1.82, 2.24) is 10.3 Å². The van der Waals surface area contributed by atoms with Crippen molar-refractivity contribution in [1.29, 1.82) is 0 Å². The SMILES string of the molecule is CCNc1cc(N2CCCC3C(=O)NCC32)ccn1. The summed E-state index contributed by atoms with van der Waals surface area (Å²) in [4.78, 5) is 18.5. The Balaban J connectivity index is 1.84. The highest BCUT2D eigenvalue weighted by Crippen LogP contribution is 2.32. The molecule has 3 rings (SSSR count). The van der Waals surface area contributed by atoms with Gasteiger partial charge in [0.15, 0.2) is 0 Å². The van der Waals surface area contributed by atoms with Crippen LogP contribution >= 0.6 is 0 Å². The largest absolute Gasteiger partial charge is 0.370 e. The van der Waals surface area contributed by atoms with Crippen molar-refractivity contribution in [2.45, 2.75) is 25.8 Å². The van der Waals surface area contributed by atoms with E-state index in [1.54, 1.807) is 0 Å². The minimum Gasteiger partial charge on any atom is -0.370 e. The number of nitrogens with one attached hydrogen (secondary N) is 2.